The van der Waals surface area contributed by atoms with Gasteiger partial charge in [-0.3, -0.25) is 4.79 Å². The molecule has 34 heavy (non-hydrogen) atoms. The first-order valence-electron chi connectivity index (χ1n) is 10.7. The Morgan fingerprint density at radius 3 is 2.85 bits per heavy atom. The molecule has 2 aromatic carbocycles. The smallest absolute Gasteiger partial charge is 0.224 e. The van der Waals surface area contributed by atoms with E-state index in [0.29, 0.717) is 34.7 Å². The molecule has 0 aliphatic heterocycles. The van der Waals surface area contributed by atoms with E-state index in [1.54, 1.807) is 34.8 Å². The number of hydrogen-bond acceptors (Lipinski definition) is 5. The topological polar surface area (TPSA) is 112 Å². The zero-order chi connectivity index (χ0) is 23.8. The Bertz CT molecular complexity index is 1610. The molecule has 0 aliphatic carbocycles. The first-order valence-corrected chi connectivity index (χ1v) is 10.7. The van der Waals surface area contributed by atoms with Crippen LogP contribution in [-0.2, 0) is 11.2 Å². The van der Waals surface area contributed by atoms with Crippen molar-refractivity contribution in [1.29, 1.82) is 5.26 Å². The first-order chi connectivity index (χ1) is 16.4. The highest BCUT2D eigenvalue weighted by Crippen LogP contribution is 2.24. The van der Waals surface area contributed by atoms with Crippen LogP contribution in [0.4, 0.5) is 10.1 Å². The number of hydrogen-bond donors (Lipinski definition) is 2. The van der Waals surface area contributed by atoms with Crippen molar-refractivity contribution in [2.45, 2.75) is 26.7 Å². The van der Waals surface area contributed by atoms with Crippen LogP contribution in [0.5, 0.6) is 0 Å². The van der Waals surface area contributed by atoms with Crippen LogP contribution in [0.25, 0.3) is 28.1 Å². The van der Waals surface area contributed by atoms with Crippen molar-refractivity contribution in [3.8, 4) is 17.5 Å². The van der Waals surface area contributed by atoms with Crippen molar-refractivity contribution in [1.82, 2.24) is 24.6 Å². The van der Waals surface area contributed by atoms with Crippen LogP contribution in [0.3, 0.4) is 0 Å². The summed E-state index contributed by atoms with van der Waals surface area (Å²) in [4.78, 5) is 24.8. The summed E-state index contributed by atoms with van der Waals surface area (Å²) in [6.45, 7) is 3.78. The van der Waals surface area contributed by atoms with Gasteiger partial charge in [0.1, 0.15) is 23.3 Å². The minimum absolute atomic E-state index is 0.138. The largest absolute Gasteiger partial charge is 0.338 e. The number of fused-ring (bicyclic) bond motifs is 2. The highest BCUT2D eigenvalue weighted by molar-refractivity contribution is 5.93. The van der Waals surface area contributed by atoms with Gasteiger partial charge in [-0.15, -0.1) is 0 Å². The lowest BCUT2D eigenvalue weighted by molar-refractivity contribution is -0.116. The average Bonchev–Trinajstić information content (AvgIpc) is 3.42. The van der Waals surface area contributed by atoms with E-state index < -0.39 is 0 Å². The predicted molar refractivity (Wildman–Crippen MR) is 126 cm³/mol. The van der Waals surface area contributed by atoms with E-state index in [0.717, 1.165) is 28.0 Å². The molecule has 3 heterocycles. The Kier molecular flexibility index (Phi) is 5.26. The molecule has 0 bridgehead atoms. The molecule has 5 rings (SSSR count). The Balaban J connectivity index is 1.31. The van der Waals surface area contributed by atoms with Crippen LogP contribution < -0.4 is 5.32 Å². The number of anilines is 1. The molecule has 0 spiro atoms. The normalized spacial score (nSPS) is 11.1. The van der Waals surface area contributed by atoms with E-state index in [1.165, 1.54) is 18.3 Å². The fraction of sp³-hybridized carbons (Fsp3) is 0.160. The number of aromatic amines is 1. The van der Waals surface area contributed by atoms with E-state index >= 15 is 0 Å². The third kappa shape index (κ3) is 3.86. The number of carbonyl (C=O) groups is 1. The number of amides is 1. The summed E-state index contributed by atoms with van der Waals surface area (Å²) in [5.74, 6) is 0.0927. The minimum Gasteiger partial charge on any atom is -0.338 e. The molecule has 3 aromatic heterocycles. The fourth-order valence-corrected chi connectivity index (χ4v) is 4.07. The number of halogens is 1. The zero-order valence-corrected chi connectivity index (χ0v) is 18.6. The summed E-state index contributed by atoms with van der Waals surface area (Å²) in [7, 11) is 0. The molecule has 2 N–H and O–H groups in total. The van der Waals surface area contributed by atoms with Gasteiger partial charge in [0.15, 0.2) is 5.65 Å². The molecule has 0 saturated carbocycles. The monoisotopic (exact) mass is 453 g/mol. The van der Waals surface area contributed by atoms with E-state index in [2.05, 4.69) is 31.4 Å². The zero-order valence-electron chi connectivity index (χ0n) is 18.6. The average molecular weight is 453 g/mol. The van der Waals surface area contributed by atoms with Crippen LogP contribution >= 0.6 is 0 Å². The van der Waals surface area contributed by atoms with Crippen LogP contribution in [0, 0.1) is 31.0 Å². The second kappa shape index (κ2) is 8.41. The summed E-state index contributed by atoms with van der Waals surface area (Å²) in [5, 5.41) is 16.4. The van der Waals surface area contributed by atoms with Gasteiger partial charge in [-0.2, -0.15) is 10.4 Å². The van der Waals surface area contributed by atoms with Gasteiger partial charge in [0.25, 0.3) is 0 Å². The van der Waals surface area contributed by atoms with Crippen molar-refractivity contribution < 1.29 is 9.18 Å². The molecule has 0 unspecified atom stereocenters. The van der Waals surface area contributed by atoms with Crippen LogP contribution in [0.1, 0.15) is 28.9 Å². The van der Waals surface area contributed by atoms with E-state index in [4.69, 9.17) is 0 Å². The summed E-state index contributed by atoms with van der Waals surface area (Å²) in [6.07, 6.45) is 2.25. The van der Waals surface area contributed by atoms with Crippen molar-refractivity contribution >= 4 is 28.3 Å². The molecule has 0 aliphatic rings. The Morgan fingerprint density at radius 1 is 1.21 bits per heavy atom. The van der Waals surface area contributed by atoms with E-state index in [-0.39, 0.29) is 18.1 Å². The number of aryl methyl sites for hydroxylation is 2. The molecule has 0 radical (unpaired) electrons. The molecule has 0 atom stereocenters. The van der Waals surface area contributed by atoms with Gasteiger partial charge in [-0.1, -0.05) is 12.1 Å². The van der Waals surface area contributed by atoms with Crippen molar-refractivity contribution in [3.05, 3.63) is 77.0 Å². The highest BCUT2D eigenvalue weighted by atomic mass is 19.1. The minimum atomic E-state index is -0.330. The number of carbonyl (C=O) groups excluding carboxylic acids is 1. The molecule has 0 saturated heterocycles. The lowest BCUT2D eigenvalue weighted by atomic mass is 10.1. The lowest BCUT2D eigenvalue weighted by Gasteiger charge is -2.11. The van der Waals surface area contributed by atoms with Crippen LogP contribution in [0.2, 0.25) is 0 Å². The van der Waals surface area contributed by atoms with Gasteiger partial charge in [0, 0.05) is 29.1 Å². The number of aromatic nitrogens is 5. The van der Waals surface area contributed by atoms with Gasteiger partial charge < -0.3 is 10.3 Å². The second-order valence-corrected chi connectivity index (χ2v) is 8.04. The molecule has 0 fully saturated rings. The summed E-state index contributed by atoms with van der Waals surface area (Å²) in [5.41, 5.74) is 6.26. The molecule has 5 aromatic rings. The second-order valence-electron chi connectivity index (χ2n) is 8.04. The van der Waals surface area contributed by atoms with Gasteiger partial charge in [0.05, 0.1) is 17.2 Å². The van der Waals surface area contributed by atoms with Gasteiger partial charge in [-0.25, -0.2) is 18.9 Å². The predicted octanol–water partition coefficient (Wildman–Crippen LogP) is 4.47. The van der Waals surface area contributed by atoms with Crippen LogP contribution in [0.15, 0.2) is 48.7 Å². The maximum Gasteiger partial charge on any atom is 0.224 e. The Hall–Kier alpha value is -4.58. The molecule has 168 valence electrons. The van der Waals surface area contributed by atoms with E-state index in [1.807, 2.05) is 13.8 Å². The number of H-pyrrole nitrogens is 1. The Morgan fingerprint density at radius 2 is 2.06 bits per heavy atom. The number of benzene rings is 2. The first kappa shape index (κ1) is 21.3. The van der Waals surface area contributed by atoms with Crippen molar-refractivity contribution in [2.24, 2.45) is 0 Å². The summed E-state index contributed by atoms with van der Waals surface area (Å²) in [6, 6.07) is 13.7. The van der Waals surface area contributed by atoms with E-state index in [9.17, 15) is 14.4 Å². The maximum absolute atomic E-state index is 13.5. The van der Waals surface area contributed by atoms with Crippen molar-refractivity contribution in [2.75, 3.05) is 5.32 Å². The molecule has 9 heteroatoms. The number of nitriles is 1. The molecular weight excluding hydrogens is 433 g/mol. The van der Waals surface area contributed by atoms with Gasteiger partial charge >= 0.3 is 0 Å². The summed E-state index contributed by atoms with van der Waals surface area (Å²) < 4.78 is 15.2. The molecule has 1 amide bonds. The third-order valence-corrected chi connectivity index (χ3v) is 5.79. The highest BCUT2D eigenvalue weighted by Gasteiger charge is 2.15. The number of nitrogens with zero attached hydrogens (tertiary/aromatic N) is 5. The van der Waals surface area contributed by atoms with Crippen molar-refractivity contribution in [3.63, 3.8) is 0 Å². The fourth-order valence-electron chi connectivity index (χ4n) is 4.07. The number of rotatable bonds is 5. The third-order valence-electron chi connectivity index (χ3n) is 5.79. The Labute approximate surface area is 194 Å². The number of imidazole rings is 1. The quantitative estimate of drug-likeness (QED) is 0.408. The van der Waals surface area contributed by atoms with Gasteiger partial charge in [-0.05, 0) is 56.2 Å². The summed E-state index contributed by atoms with van der Waals surface area (Å²) >= 11 is 0. The number of nitrogens with one attached hydrogen (secondary N) is 2. The standard InChI is InChI=1S/C25H20FN7O/c1-14-20(15(2)33-25(29-14)17(12-27)13-28-33)7-9-23(34)30-19-6-8-21-22(11-19)32-24(31-21)16-4-3-5-18(26)10-16/h3-6,8,10-11,13H,7,9H2,1-2H3,(H,30,34)(H,31,32). The maximum atomic E-state index is 13.5. The van der Waals surface area contributed by atoms with Gasteiger partial charge in [0.2, 0.25) is 5.91 Å². The SMILES string of the molecule is Cc1nc2c(C#N)cnn2c(C)c1CCC(=O)Nc1ccc2nc(-c3cccc(F)c3)[nH]c2c1. The van der Waals surface area contributed by atoms with Crippen LogP contribution in [-0.4, -0.2) is 30.5 Å². The molecular formula is C25H20FN7O. The lowest BCUT2D eigenvalue weighted by Crippen LogP contribution is -2.14. The molecule has 8 nitrogen and oxygen atoms in total.